The van der Waals surface area contributed by atoms with Crippen LogP contribution in [-0.2, 0) is 16.0 Å². The quantitative estimate of drug-likeness (QED) is 0.640. The van der Waals surface area contributed by atoms with Crippen LogP contribution < -0.4 is 10.9 Å². The van der Waals surface area contributed by atoms with Gasteiger partial charge in [-0.3, -0.25) is 14.2 Å². The lowest BCUT2D eigenvalue weighted by Gasteiger charge is -2.13. The number of anilines is 1. The van der Waals surface area contributed by atoms with Crippen LogP contribution in [0.2, 0.25) is 0 Å². The van der Waals surface area contributed by atoms with E-state index >= 15 is 0 Å². The molecule has 30 heavy (non-hydrogen) atoms. The van der Waals surface area contributed by atoms with E-state index in [4.69, 9.17) is 4.74 Å². The molecule has 3 heterocycles. The highest BCUT2D eigenvalue weighted by Gasteiger charge is 2.32. The average Bonchev–Trinajstić information content (AvgIpc) is 3.45. The predicted molar refractivity (Wildman–Crippen MR) is 117 cm³/mol. The number of fused-ring (bicyclic) bond motifs is 1. The zero-order chi connectivity index (χ0) is 21.7. The Morgan fingerprint density at radius 3 is 2.60 bits per heavy atom. The van der Waals surface area contributed by atoms with Gasteiger partial charge in [0.05, 0.1) is 18.2 Å². The summed E-state index contributed by atoms with van der Waals surface area (Å²) in [6.45, 7) is 4.00. The van der Waals surface area contributed by atoms with Crippen molar-refractivity contribution in [2.45, 2.75) is 32.7 Å². The summed E-state index contributed by atoms with van der Waals surface area (Å²) in [5, 5.41) is 2.62. The van der Waals surface area contributed by atoms with Crippen LogP contribution in [0.1, 0.15) is 41.8 Å². The van der Waals surface area contributed by atoms with Crippen LogP contribution in [0.4, 0.5) is 5.69 Å². The van der Waals surface area contributed by atoms with Gasteiger partial charge in [-0.1, -0.05) is 44.2 Å². The van der Waals surface area contributed by atoms with E-state index in [1.165, 1.54) is 29.2 Å². The van der Waals surface area contributed by atoms with Crippen molar-refractivity contribution in [1.29, 1.82) is 0 Å². The third-order valence-corrected chi connectivity index (χ3v) is 5.77. The smallest absolute Gasteiger partial charge is 0.329 e. The zero-order valence-corrected chi connectivity index (χ0v) is 17.9. The van der Waals surface area contributed by atoms with Gasteiger partial charge in [0.15, 0.2) is 0 Å². The van der Waals surface area contributed by atoms with Crippen LogP contribution in [-0.4, -0.2) is 28.5 Å². The number of rotatable bonds is 4. The van der Waals surface area contributed by atoms with E-state index in [1.807, 2.05) is 50.2 Å². The Kier molecular flexibility index (Phi) is 6.79. The third-order valence-electron chi connectivity index (χ3n) is 4.63. The Morgan fingerprint density at radius 1 is 1.17 bits per heavy atom. The van der Waals surface area contributed by atoms with Gasteiger partial charge in [-0.25, -0.2) is 9.78 Å². The molecule has 0 aliphatic carbocycles. The molecule has 1 N–H and O–H groups in total. The van der Waals surface area contributed by atoms with Crippen molar-refractivity contribution in [2.75, 3.05) is 12.4 Å². The minimum atomic E-state index is -0.705. The number of carbonyl (C=O) groups is 2. The van der Waals surface area contributed by atoms with E-state index in [2.05, 4.69) is 10.3 Å². The number of methoxy groups -OCH3 is 1. The number of esters is 1. The second-order valence-electron chi connectivity index (χ2n) is 6.32. The molecule has 8 heteroatoms. The molecule has 0 radical (unpaired) electrons. The maximum absolute atomic E-state index is 12.8. The number of benzene rings is 1. The Bertz CT molecular complexity index is 1110. The maximum Gasteiger partial charge on any atom is 0.329 e. The van der Waals surface area contributed by atoms with Crippen LogP contribution in [0.3, 0.4) is 0 Å². The topological polar surface area (TPSA) is 90.3 Å². The predicted octanol–water partition coefficient (Wildman–Crippen LogP) is 3.91. The largest absolute Gasteiger partial charge is 0.467 e. The molecule has 2 aromatic heterocycles. The van der Waals surface area contributed by atoms with E-state index < -0.39 is 17.6 Å². The summed E-state index contributed by atoms with van der Waals surface area (Å²) in [4.78, 5) is 43.0. The molecule has 1 unspecified atom stereocenters. The molecule has 1 aliphatic rings. The summed E-state index contributed by atoms with van der Waals surface area (Å²) in [6, 6.07) is 12.6. The van der Waals surface area contributed by atoms with Gasteiger partial charge in [-0.05, 0) is 24.1 Å². The average molecular weight is 426 g/mol. The fraction of sp³-hybridized carbons (Fsp3) is 0.273. The SMILES string of the molecule is CC.COC(=O)C1CCc2ncc(NC(=O)c3ccc(-c4ccccc4)s3)c(=O)n21. The fourth-order valence-electron chi connectivity index (χ4n) is 3.25. The number of hydrogen-bond acceptors (Lipinski definition) is 6. The summed E-state index contributed by atoms with van der Waals surface area (Å²) < 4.78 is 6.08. The first-order chi connectivity index (χ1) is 14.6. The van der Waals surface area contributed by atoms with Crippen molar-refractivity contribution in [2.24, 2.45) is 0 Å². The van der Waals surface area contributed by atoms with E-state index in [0.29, 0.717) is 23.5 Å². The summed E-state index contributed by atoms with van der Waals surface area (Å²) in [5.41, 5.74) is 0.608. The molecule has 3 aromatic rings. The molecular weight excluding hydrogens is 402 g/mol. The standard InChI is InChI=1S/C20H17N3O4S.C2H6/c1-27-20(26)14-7-10-17-21-11-13(19(25)23(14)17)22-18(24)16-9-8-15(28-16)12-5-3-2-4-6-12;1-2/h2-6,8-9,11,14H,7,10H2,1H3,(H,22,24);1-2H3. The molecule has 0 saturated heterocycles. The van der Waals surface area contributed by atoms with Crippen LogP contribution >= 0.6 is 11.3 Å². The van der Waals surface area contributed by atoms with Crippen molar-refractivity contribution in [3.8, 4) is 10.4 Å². The summed E-state index contributed by atoms with van der Waals surface area (Å²) in [5.74, 6) is -0.364. The third kappa shape index (κ3) is 4.18. The van der Waals surface area contributed by atoms with E-state index in [1.54, 1.807) is 6.07 Å². The van der Waals surface area contributed by atoms with Crippen LogP contribution in [0.5, 0.6) is 0 Å². The summed E-state index contributed by atoms with van der Waals surface area (Å²) in [7, 11) is 1.28. The number of amides is 1. The van der Waals surface area contributed by atoms with Crippen molar-refractivity contribution in [1.82, 2.24) is 9.55 Å². The van der Waals surface area contributed by atoms with Crippen LogP contribution in [0.15, 0.2) is 53.5 Å². The maximum atomic E-state index is 12.8. The van der Waals surface area contributed by atoms with Crippen molar-refractivity contribution in [3.05, 3.63) is 69.7 Å². The lowest BCUT2D eigenvalue weighted by atomic mass is 10.2. The molecule has 7 nitrogen and oxygen atoms in total. The molecule has 1 atom stereocenters. The second kappa shape index (κ2) is 9.49. The Labute approximate surface area is 178 Å². The van der Waals surface area contributed by atoms with Gasteiger partial charge in [0.25, 0.3) is 11.5 Å². The molecule has 4 rings (SSSR count). The van der Waals surface area contributed by atoms with Gasteiger partial charge in [0.2, 0.25) is 0 Å². The van der Waals surface area contributed by atoms with Crippen molar-refractivity contribution in [3.63, 3.8) is 0 Å². The van der Waals surface area contributed by atoms with Crippen molar-refractivity contribution >= 4 is 28.9 Å². The Hall–Kier alpha value is -3.26. The number of hydrogen-bond donors (Lipinski definition) is 1. The van der Waals surface area contributed by atoms with Gasteiger partial charge >= 0.3 is 5.97 Å². The summed E-state index contributed by atoms with van der Waals surface area (Å²) in [6.07, 6.45) is 2.31. The molecule has 1 aliphatic heterocycles. The number of nitrogens with one attached hydrogen (secondary N) is 1. The first kappa shape index (κ1) is 21.4. The number of ether oxygens (including phenoxy) is 1. The van der Waals surface area contributed by atoms with E-state index in [9.17, 15) is 14.4 Å². The Morgan fingerprint density at radius 2 is 1.90 bits per heavy atom. The monoisotopic (exact) mass is 425 g/mol. The van der Waals surface area contributed by atoms with Gasteiger partial charge in [-0.15, -0.1) is 11.3 Å². The molecular formula is C22H23N3O4S. The molecule has 0 fully saturated rings. The van der Waals surface area contributed by atoms with Crippen molar-refractivity contribution < 1.29 is 14.3 Å². The van der Waals surface area contributed by atoms with E-state index in [-0.39, 0.29) is 11.6 Å². The molecule has 0 bridgehead atoms. The highest BCUT2D eigenvalue weighted by atomic mass is 32.1. The zero-order valence-electron chi connectivity index (χ0n) is 17.0. The minimum absolute atomic E-state index is 0.0409. The fourth-order valence-corrected chi connectivity index (χ4v) is 4.16. The van der Waals surface area contributed by atoms with Crippen LogP contribution in [0, 0.1) is 0 Å². The molecule has 156 valence electrons. The highest BCUT2D eigenvalue weighted by molar-refractivity contribution is 7.17. The van der Waals surface area contributed by atoms with Gasteiger partial charge in [-0.2, -0.15) is 0 Å². The van der Waals surface area contributed by atoms with E-state index in [0.717, 1.165) is 10.4 Å². The Balaban J connectivity index is 0.00000124. The highest BCUT2D eigenvalue weighted by Crippen LogP contribution is 2.28. The van der Waals surface area contributed by atoms with Gasteiger partial charge in [0.1, 0.15) is 17.6 Å². The van der Waals surface area contributed by atoms with Crippen LogP contribution in [0.25, 0.3) is 10.4 Å². The normalized spacial score (nSPS) is 14.3. The molecule has 0 spiro atoms. The van der Waals surface area contributed by atoms with Gasteiger partial charge < -0.3 is 10.1 Å². The summed E-state index contributed by atoms with van der Waals surface area (Å²) >= 11 is 1.34. The molecule has 1 amide bonds. The first-order valence-corrected chi connectivity index (χ1v) is 10.5. The van der Waals surface area contributed by atoms with Gasteiger partial charge in [0, 0.05) is 11.3 Å². The number of aryl methyl sites for hydroxylation is 1. The lowest BCUT2D eigenvalue weighted by molar-refractivity contribution is -0.144. The molecule has 1 aromatic carbocycles. The molecule has 0 saturated carbocycles. The first-order valence-electron chi connectivity index (χ1n) is 9.73. The number of nitrogens with zero attached hydrogens (tertiary/aromatic N) is 2. The number of carbonyl (C=O) groups excluding carboxylic acids is 2. The number of aromatic nitrogens is 2. The minimum Gasteiger partial charge on any atom is -0.467 e. The lowest BCUT2D eigenvalue weighted by Crippen LogP contribution is -2.31. The number of thiophene rings is 1. The second-order valence-corrected chi connectivity index (χ2v) is 7.41.